The van der Waals surface area contributed by atoms with Crippen LogP contribution in [0.5, 0.6) is 0 Å². The molecule has 3 nitrogen and oxygen atoms in total. The molecule has 0 saturated carbocycles. The largest absolute Gasteiger partial charge is 0.480 e. The average Bonchev–Trinajstić information content (AvgIpc) is 2.56. The van der Waals surface area contributed by atoms with Gasteiger partial charge in [-0.25, -0.2) is 4.99 Å². The van der Waals surface area contributed by atoms with Gasteiger partial charge in [0, 0.05) is 16.1 Å². The fourth-order valence-corrected chi connectivity index (χ4v) is 2.39. The molecule has 22 heavy (non-hydrogen) atoms. The molecule has 0 N–H and O–H groups in total. The minimum absolute atomic E-state index is 0.118. The smallest absolute Gasteiger partial charge is 0.199 e. The Bertz CT molecular complexity index is 686. The van der Waals surface area contributed by atoms with Crippen molar-refractivity contribution in [2.45, 2.75) is 6.92 Å². The number of benzene rings is 2. The number of carbonyl (C=O) groups excluding carboxylic acids is 1. The molecule has 0 fully saturated rings. The van der Waals surface area contributed by atoms with Crippen LogP contribution in [0.15, 0.2) is 53.5 Å². The maximum atomic E-state index is 12.7. The van der Waals surface area contributed by atoms with E-state index < -0.39 is 0 Å². The Balaban J connectivity index is 2.46. The minimum Gasteiger partial charge on any atom is -0.480 e. The van der Waals surface area contributed by atoms with Gasteiger partial charge in [0.05, 0.1) is 17.6 Å². The van der Waals surface area contributed by atoms with Crippen LogP contribution >= 0.6 is 27.5 Å². The van der Waals surface area contributed by atoms with Gasteiger partial charge in [-0.3, -0.25) is 4.79 Å². The molecule has 0 aliphatic heterocycles. The Labute approximate surface area is 143 Å². The van der Waals surface area contributed by atoms with Gasteiger partial charge < -0.3 is 4.74 Å². The van der Waals surface area contributed by atoms with Crippen molar-refractivity contribution in [1.82, 2.24) is 0 Å². The molecular formula is C17H15BrClNO2. The standard InChI is InChI=1S/C17H15BrClNO2/c1-2-22-16(11-18)20-15-9-8-13(19)10-14(15)17(21)12-6-4-3-5-7-12/h3-10H,2,11H2,1H3. The van der Waals surface area contributed by atoms with E-state index in [0.717, 1.165) is 0 Å². The molecule has 0 aliphatic rings. The summed E-state index contributed by atoms with van der Waals surface area (Å²) in [7, 11) is 0. The highest BCUT2D eigenvalue weighted by Crippen LogP contribution is 2.26. The average molecular weight is 381 g/mol. The fraction of sp³-hybridized carbons (Fsp3) is 0.176. The van der Waals surface area contributed by atoms with Crippen molar-refractivity contribution in [1.29, 1.82) is 0 Å². The number of aliphatic imine (C=N–C) groups is 1. The zero-order valence-corrected chi connectivity index (χ0v) is 14.4. The first kappa shape index (κ1) is 16.7. The van der Waals surface area contributed by atoms with Crippen molar-refractivity contribution < 1.29 is 9.53 Å². The third-order valence-corrected chi connectivity index (χ3v) is 3.62. The van der Waals surface area contributed by atoms with Crippen LogP contribution in [-0.2, 0) is 4.74 Å². The van der Waals surface area contributed by atoms with E-state index in [1.165, 1.54) is 0 Å². The molecule has 0 amide bonds. The van der Waals surface area contributed by atoms with Crippen molar-refractivity contribution >= 4 is 44.9 Å². The van der Waals surface area contributed by atoms with Gasteiger partial charge in [-0.2, -0.15) is 0 Å². The van der Waals surface area contributed by atoms with E-state index in [1.54, 1.807) is 30.3 Å². The summed E-state index contributed by atoms with van der Waals surface area (Å²) < 4.78 is 5.42. The number of carbonyl (C=O) groups is 1. The number of hydrogen-bond donors (Lipinski definition) is 0. The zero-order valence-electron chi connectivity index (χ0n) is 12.1. The van der Waals surface area contributed by atoms with Crippen LogP contribution in [0.1, 0.15) is 22.8 Å². The molecule has 0 unspecified atom stereocenters. The second-order valence-corrected chi connectivity index (χ2v) is 5.43. The summed E-state index contributed by atoms with van der Waals surface area (Å²) in [4.78, 5) is 17.1. The Morgan fingerprint density at radius 1 is 1.23 bits per heavy atom. The van der Waals surface area contributed by atoms with Gasteiger partial charge in [0.25, 0.3) is 0 Å². The van der Waals surface area contributed by atoms with E-state index in [0.29, 0.717) is 39.7 Å². The molecule has 0 atom stereocenters. The molecule has 2 rings (SSSR count). The highest BCUT2D eigenvalue weighted by atomic mass is 79.9. The maximum absolute atomic E-state index is 12.7. The first-order valence-corrected chi connectivity index (χ1v) is 8.31. The summed E-state index contributed by atoms with van der Waals surface area (Å²) in [5.41, 5.74) is 1.59. The number of alkyl halides is 1. The van der Waals surface area contributed by atoms with Crippen molar-refractivity contribution in [3.8, 4) is 0 Å². The van der Waals surface area contributed by atoms with E-state index >= 15 is 0 Å². The van der Waals surface area contributed by atoms with Gasteiger partial charge in [0.15, 0.2) is 11.7 Å². The quantitative estimate of drug-likeness (QED) is 0.316. The first-order chi connectivity index (χ1) is 10.7. The van der Waals surface area contributed by atoms with Crippen molar-refractivity contribution in [3.63, 3.8) is 0 Å². The Morgan fingerprint density at radius 2 is 1.95 bits per heavy atom. The number of halogens is 2. The van der Waals surface area contributed by atoms with Gasteiger partial charge >= 0.3 is 0 Å². The number of hydrogen-bond acceptors (Lipinski definition) is 3. The highest BCUT2D eigenvalue weighted by Gasteiger charge is 2.14. The monoisotopic (exact) mass is 379 g/mol. The van der Waals surface area contributed by atoms with Gasteiger partial charge in [-0.15, -0.1) is 0 Å². The molecule has 5 heteroatoms. The predicted octanol–water partition coefficient (Wildman–Crippen LogP) is 5.03. The third-order valence-electron chi connectivity index (χ3n) is 2.91. The van der Waals surface area contributed by atoms with Crippen LogP contribution in [0.3, 0.4) is 0 Å². The second-order valence-electron chi connectivity index (χ2n) is 4.43. The van der Waals surface area contributed by atoms with Crippen LogP contribution < -0.4 is 0 Å². The molecule has 0 aliphatic carbocycles. The van der Waals surface area contributed by atoms with E-state index in [4.69, 9.17) is 16.3 Å². The Morgan fingerprint density at radius 3 is 2.59 bits per heavy atom. The minimum atomic E-state index is -0.118. The normalized spacial score (nSPS) is 11.3. The lowest BCUT2D eigenvalue weighted by molar-refractivity contribution is 0.103. The van der Waals surface area contributed by atoms with Gasteiger partial charge in [0.2, 0.25) is 0 Å². The molecule has 0 saturated heterocycles. The van der Waals surface area contributed by atoms with E-state index in [9.17, 15) is 4.79 Å². The molecule has 2 aromatic carbocycles. The molecule has 2 aromatic rings. The first-order valence-electron chi connectivity index (χ1n) is 6.81. The summed E-state index contributed by atoms with van der Waals surface area (Å²) in [5, 5.41) is 0.970. The number of ether oxygens (including phenoxy) is 1. The molecule has 0 aromatic heterocycles. The fourth-order valence-electron chi connectivity index (χ4n) is 1.93. The SMILES string of the molecule is CCOC(CBr)=Nc1ccc(Cl)cc1C(=O)c1ccccc1. The second kappa shape index (κ2) is 8.11. The van der Waals surface area contributed by atoms with Crippen LogP contribution in [0.4, 0.5) is 5.69 Å². The molecule has 114 valence electrons. The van der Waals surface area contributed by atoms with Gasteiger partial charge in [-0.05, 0) is 25.1 Å². The van der Waals surface area contributed by atoms with Crippen LogP contribution in [0.25, 0.3) is 0 Å². The summed E-state index contributed by atoms with van der Waals surface area (Å²) in [5.74, 6) is 0.402. The third kappa shape index (κ3) is 4.18. The highest BCUT2D eigenvalue weighted by molar-refractivity contribution is 9.09. The lowest BCUT2D eigenvalue weighted by atomic mass is 10.0. The Kier molecular flexibility index (Phi) is 6.16. The van der Waals surface area contributed by atoms with Gasteiger partial charge in [-0.1, -0.05) is 57.9 Å². The number of rotatable bonds is 5. The van der Waals surface area contributed by atoms with Crippen molar-refractivity contribution in [3.05, 3.63) is 64.7 Å². The summed E-state index contributed by atoms with van der Waals surface area (Å²) in [6, 6.07) is 14.1. The molecule has 0 radical (unpaired) electrons. The van der Waals surface area contributed by atoms with Crippen LogP contribution in [-0.4, -0.2) is 23.6 Å². The topological polar surface area (TPSA) is 38.7 Å². The number of ketones is 1. The number of nitrogens with zero attached hydrogens (tertiary/aromatic N) is 1. The van der Waals surface area contributed by atoms with Crippen molar-refractivity contribution in [2.24, 2.45) is 4.99 Å². The molecule has 0 heterocycles. The van der Waals surface area contributed by atoms with Crippen molar-refractivity contribution in [2.75, 3.05) is 11.9 Å². The van der Waals surface area contributed by atoms with E-state index in [2.05, 4.69) is 20.9 Å². The maximum Gasteiger partial charge on any atom is 0.199 e. The van der Waals surface area contributed by atoms with Crippen LogP contribution in [0.2, 0.25) is 5.02 Å². The lowest BCUT2D eigenvalue weighted by Gasteiger charge is -2.08. The van der Waals surface area contributed by atoms with Gasteiger partial charge in [0.1, 0.15) is 0 Å². The summed E-state index contributed by atoms with van der Waals surface area (Å²) in [6.45, 7) is 2.40. The van der Waals surface area contributed by atoms with Crippen LogP contribution in [0, 0.1) is 0 Å². The summed E-state index contributed by atoms with van der Waals surface area (Å²) in [6.07, 6.45) is 0. The summed E-state index contributed by atoms with van der Waals surface area (Å²) >= 11 is 9.37. The molecular weight excluding hydrogens is 366 g/mol. The molecule has 0 bridgehead atoms. The zero-order chi connectivity index (χ0) is 15.9. The molecule has 0 spiro atoms. The van der Waals surface area contributed by atoms with E-state index in [-0.39, 0.29) is 5.78 Å². The predicted molar refractivity (Wildman–Crippen MR) is 93.8 cm³/mol. The Hall–Kier alpha value is -1.65. The van der Waals surface area contributed by atoms with E-state index in [1.807, 2.05) is 25.1 Å². The lowest BCUT2D eigenvalue weighted by Crippen LogP contribution is -2.07.